The molecule has 2 aromatic carbocycles. The molecule has 0 saturated carbocycles. The molecule has 2 aromatic heterocycles. The van der Waals surface area contributed by atoms with Crippen LogP contribution in [0.3, 0.4) is 0 Å². The number of fused-ring (bicyclic) bond motifs is 1. The highest BCUT2D eigenvalue weighted by Gasteiger charge is 2.18. The van der Waals surface area contributed by atoms with E-state index >= 15 is 0 Å². The molecule has 0 radical (unpaired) electrons. The number of amides is 1. The van der Waals surface area contributed by atoms with Gasteiger partial charge in [-0.3, -0.25) is 9.36 Å². The normalized spacial score (nSPS) is 10.9. The highest BCUT2D eigenvalue weighted by Crippen LogP contribution is 2.29. The Kier molecular flexibility index (Phi) is 5.81. The fourth-order valence-electron chi connectivity index (χ4n) is 3.37. The van der Waals surface area contributed by atoms with E-state index in [-0.39, 0.29) is 12.5 Å². The second-order valence-electron chi connectivity index (χ2n) is 7.01. The van der Waals surface area contributed by atoms with Gasteiger partial charge in [0.15, 0.2) is 0 Å². The Morgan fingerprint density at radius 3 is 2.58 bits per heavy atom. The number of carbonyl (C=O) groups is 1. The fourth-order valence-corrected chi connectivity index (χ4v) is 4.28. The van der Waals surface area contributed by atoms with Gasteiger partial charge in [-0.15, -0.1) is 11.3 Å². The first kappa shape index (κ1) is 20.7. The second-order valence-corrected chi connectivity index (χ2v) is 8.20. The Morgan fingerprint density at radius 1 is 1.13 bits per heavy atom. The van der Waals surface area contributed by atoms with Crippen LogP contribution in [0.2, 0.25) is 0 Å². The number of para-hydroxylation sites is 2. The zero-order chi connectivity index (χ0) is 22.0. The highest BCUT2D eigenvalue weighted by molar-refractivity contribution is 7.18. The molecule has 0 bridgehead atoms. The third-order valence-corrected chi connectivity index (χ3v) is 5.94. The number of anilines is 1. The van der Waals surface area contributed by atoms with Crippen LogP contribution in [0, 0.1) is 6.92 Å². The summed E-state index contributed by atoms with van der Waals surface area (Å²) in [6.07, 6.45) is 0.932. The molecule has 1 N–H and O–H groups in total. The molecule has 7 nitrogen and oxygen atoms in total. The smallest absolute Gasteiger partial charge is 0.349 e. The molecule has 158 valence electrons. The average molecular weight is 435 g/mol. The molecule has 0 aliphatic rings. The zero-order valence-corrected chi connectivity index (χ0v) is 18.3. The van der Waals surface area contributed by atoms with E-state index in [1.807, 2.05) is 37.3 Å². The van der Waals surface area contributed by atoms with Crippen molar-refractivity contribution in [3.05, 3.63) is 69.6 Å². The Morgan fingerprint density at radius 2 is 1.87 bits per heavy atom. The van der Waals surface area contributed by atoms with E-state index in [2.05, 4.69) is 22.2 Å². The van der Waals surface area contributed by atoms with Gasteiger partial charge >= 0.3 is 5.69 Å². The lowest BCUT2D eigenvalue weighted by atomic mass is 10.1. The van der Waals surface area contributed by atoms with E-state index in [0.717, 1.165) is 17.0 Å². The van der Waals surface area contributed by atoms with E-state index in [4.69, 9.17) is 4.74 Å². The summed E-state index contributed by atoms with van der Waals surface area (Å²) in [5.74, 6) is 0.201. The number of aryl methyl sites for hydroxylation is 2. The molecule has 8 heteroatoms. The van der Waals surface area contributed by atoms with Crippen molar-refractivity contribution < 1.29 is 9.53 Å². The second kappa shape index (κ2) is 8.69. The molecule has 2 heterocycles. The van der Waals surface area contributed by atoms with Crippen molar-refractivity contribution in [2.75, 3.05) is 12.4 Å². The molecule has 0 fully saturated rings. The molecular weight excluding hydrogens is 412 g/mol. The van der Waals surface area contributed by atoms with Crippen LogP contribution in [-0.4, -0.2) is 27.6 Å². The predicted molar refractivity (Wildman–Crippen MR) is 123 cm³/mol. The van der Waals surface area contributed by atoms with E-state index in [0.29, 0.717) is 27.5 Å². The van der Waals surface area contributed by atoms with Crippen molar-refractivity contribution in [3.63, 3.8) is 0 Å². The number of nitrogens with zero attached hydrogens (tertiary/aromatic N) is 3. The SMILES string of the molecule is CCc1ccc(-c2nc(=O)n(CC(=O)Nc3ccccc3OC)c3sc(C)nc23)cc1. The van der Waals surface area contributed by atoms with Gasteiger partial charge in [-0.05, 0) is 31.0 Å². The first-order valence-corrected chi connectivity index (χ1v) is 10.7. The molecule has 0 aliphatic carbocycles. The third kappa shape index (κ3) is 4.20. The Bertz CT molecular complexity index is 1310. The van der Waals surface area contributed by atoms with E-state index < -0.39 is 5.69 Å². The largest absolute Gasteiger partial charge is 0.495 e. The molecule has 4 rings (SSSR count). The van der Waals surface area contributed by atoms with Crippen LogP contribution in [-0.2, 0) is 17.8 Å². The number of benzene rings is 2. The third-order valence-electron chi connectivity index (χ3n) is 4.94. The summed E-state index contributed by atoms with van der Waals surface area (Å²) in [5, 5.41) is 3.60. The zero-order valence-electron chi connectivity index (χ0n) is 17.5. The maximum atomic E-state index is 12.9. The number of carbonyl (C=O) groups excluding carboxylic acids is 1. The van der Waals surface area contributed by atoms with Gasteiger partial charge < -0.3 is 10.1 Å². The molecule has 1 amide bonds. The minimum absolute atomic E-state index is 0.170. The molecule has 0 saturated heterocycles. The van der Waals surface area contributed by atoms with Crippen LogP contribution < -0.4 is 15.7 Å². The van der Waals surface area contributed by atoms with Gasteiger partial charge in [-0.1, -0.05) is 43.3 Å². The van der Waals surface area contributed by atoms with Gasteiger partial charge in [0.05, 0.1) is 17.8 Å². The van der Waals surface area contributed by atoms with Crippen molar-refractivity contribution in [1.82, 2.24) is 14.5 Å². The number of rotatable bonds is 6. The van der Waals surface area contributed by atoms with Crippen molar-refractivity contribution >= 4 is 33.3 Å². The lowest BCUT2D eigenvalue weighted by molar-refractivity contribution is -0.116. The van der Waals surface area contributed by atoms with Crippen molar-refractivity contribution in [2.24, 2.45) is 0 Å². The van der Waals surface area contributed by atoms with Crippen LogP contribution in [0.5, 0.6) is 5.75 Å². The number of hydrogen-bond donors (Lipinski definition) is 1. The molecule has 0 unspecified atom stereocenters. The fraction of sp³-hybridized carbons (Fsp3) is 0.217. The summed E-state index contributed by atoms with van der Waals surface area (Å²) in [7, 11) is 1.54. The summed E-state index contributed by atoms with van der Waals surface area (Å²) >= 11 is 1.37. The van der Waals surface area contributed by atoms with Crippen molar-refractivity contribution in [1.29, 1.82) is 0 Å². The van der Waals surface area contributed by atoms with Crippen LogP contribution in [0.1, 0.15) is 17.5 Å². The number of ether oxygens (including phenoxy) is 1. The summed E-state index contributed by atoms with van der Waals surface area (Å²) in [6.45, 7) is 3.79. The number of thiazole rings is 1. The maximum absolute atomic E-state index is 12.9. The van der Waals surface area contributed by atoms with Gasteiger partial charge in [0.1, 0.15) is 28.3 Å². The Hall–Kier alpha value is -3.52. The van der Waals surface area contributed by atoms with Crippen LogP contribution in [0.25, 0.3) is 21.6 Å². The van der Waals surface area contributed by atoms with E-state index in [9.17, 15) is 9.59 Å². The Labute approximate surface area is 183 Å². The molecule has 4 aromatic rings. The van der Waals surface area contributed by atoms with Crippen molar-refractivity contribution in [3.8, 4) is 17.0 Å². The average Bonchev–Trinajstić information content (AvgIpc) is 3.17. The van der Waals surface area contributed by atoms with Crippen molar-refractivity contribution in [2.45, 2.75) is 26.8 Å². The maximum Gasteiger partial charge on any atom is 0.349 e. The number of methoxy groups -OCH3 is 1. The first-order chi connectivity index (χ1) is 15.0. The topological polar surface area (TPSA) is 86.1 Å². The van der Waals surface area contributed by atoms with Gasteiger partial charge in [0, 0.05) is 5.56 Å². The first-order valence-electron chi connectivity index (χ1n) is 9.90. The summed E-state index contributed by atoms with van der Waals surface area (Å²) in [5.41, 5.74) is 3.25. The predicted octanol–water partition coefficient (Wildman–Crippen LogP) is 4.04. The summed E-state index contributed by atoms with van der Waals surface area (Å²) < 4.78 is 6.64. The number of hydrogen-bond acceptors (Lipinski definition) is 6. The van der Waals surface area contributed by atoms with E-state index in [1.165, 1.54) is 28.6 Å². The molecule has 0 aliphatic heterocycles. The van der Waals surface area contributed by atoms with Crippen LogP contribution in [0.15, 0.2) is 53.3 Å². The standard InChI is InChI=1S/C23H22N4O3S/c1-4-15-9-11-16(12-10-15)20-21-22(31-14(2)24-21)27(23(29)26-20)13-19(28)25-17-7-5-6-8-18(17)30-3/h5-12H,4,13H2,1-3H3,(H,25,28). The van der Waals surface area contributed by atoms with E-state index in [1.54, 1.807) is 18.2 Å². The molecule has 31 heavy (non-hydrogen) atoms. The highest BCUT2D eigenvalue weighted by atomic mass is 32.1. The van der Waals surface area contributed by atoms with Gasteiger partial charge in [0.2, 0.25) is 5.91 Å². The minimum atomic E-state index is -0.485. The molecule has 0 atom stereocenters. The van der Waals surface area contributed by atoms with Gasteiger partial charge in [-0.2, -0.15) is 4.98 Å². The van der Waals surface area contributed by atoms with Crippen LogP contribution in [0.4, 0.5) is 5.69 Å². The van der Waals surface area contributed by atoms with Crippen LogP contribution >= 0.6 is 11.3 Å². The lowest BCUT2D eigenvalue weighted by Gasteiger charge is -2.12. The lowest BCUT2D eigenvalue weighted by Crippen LogP contribution is -2.29. The van der Waals surface area contributed by atoms with Gasteiger partial charge in [0.25, 0.3) is 0 Å². The molecule has 0 spiro atoms. The monoisotopic (exact) mass is 434 g/mol. The summed E-state index contributed by atoms with van der Waals surface area (Å²) in [4.78, 5) is 35.1. The minimum Gasteiger partial charge on any atom is -0.495 e. The summed E-state index contributed by atoms with van der Waals surface area (Å²) in [6, 6.07) is 15.1. The number of aromatic nitrogens is 3. The quantitative estimate of drug-likeness (QED) is 0.495. The molecular formula is C23H22N4O3S. The Balaban J connectivity index is 1.71. The number of nitrogens with one attached hydrogen (secondary N) is 1. The van der Waals surface area contributed by atoms with Gasteiger partial charge in [-0.25, -0.2) is 9.78 Å².